The van der Waals surface area contributed by atoms with E-state index in [1.807, 2.05) is 11.8 Å². The van der Waals surface area contributed by atoms with Gasteiger partial charge in [-0.2, -0.15) is 0 Å². The van der Waals surface area contributed by atoms with E-state index in [-0.39, 0.29) is 17.9 Å². The molecule has 0 aliphatic carbocycles. The quantitative estimate of drug-likeness (QED) is 0.749. The summed E-state index contributed by atoms with van der Waals surface area (Å²) in [5.41, 5.74) is 0. The minimum absolute atomic E-state index is 0.0469. The van der Waals surface area contributed by atoms with Crippen molar-refractivity contribution >= 4 is 11.8 Å². The van der Waals surface area contributed by atoms with Crippen LogP contribution in [0.25, 0.3) is 0 Å². The van der Waals surface area contributed by atoms with E-state index in [2.05, 4.69) is 24.5 Å². The van der Waals surface area contributed by atoms with E-state index in [4.69, 9.17) is 0 Å². The Morgan fingerprint density at radius 3 is 2.24 bits per heavy atom. The first-order valence-corrected chi connectivity index (χ1v) is 8.29. The fourth-order valence-corrected chi connectivity index (χ4v) is 2.46. The summed E-state index contributed by atoms with van der Waals surface area (Å²) in [4.78, 5) is 25.9. The van der Waals surface area contributed by atoms with E-state index in [9.17, 15) is 9.59 Å². The van der Waals surface area contributed by atoms with Gasteiger partial charge in [0.25, 0.3) is 0 Å². The van der Waals surface area contributed by atoms with Crippen LogP contribution in [0.1, 0.15) is 52.9 Å². The van der Waals surface area contributed by atoms with Crippen LogP contribution in [0.4, 0.5) is 0 Å². The van der Waals surface area contributed by atoms with E-state index in [0.29, 0.717) is 25.4 Å². The highest BCUT2D eigenvalue weighted by molar-refractivity contribution is 5.81. The Hall–Kier alpha value is -1.10. The maximum Gasteiger partial charge on any atom is 0.239 e. The molecule has 2 amide bonds. The standard InChI is InChI=1S/C16H31N3O2/c1-13(2)12-18-15(20)8-9-17-14(3)16(21)19-10-6-4-5-7-11-19/h13-14,17H,4-12H2,1-3H3,(H,18,20). The van der Waals surface area contributed by atoms with Gasteiger partial charge in [-0.3, -0.25) is 9.59 Å². The van der Waals surface area contributed by atoms with Crippen molar-refractivity contribution in [2.24, 2.45) is 5.92 Å². The maximum absolute atomic E-state index is 12.3. The summed E-state index contributed by atoms with van der Waals surface area (Å²) in [6, 6.07) is -0.207. The molecule has 1 unspecified atom stereocenters. The molecule has 1 aliphatic rings. The molecule has 0 saturated carbocycles. The van der Waals surface area contributed by atoms with Crippen molar-refractivity contribution in [1.82, 2.24) is 15.5 Å². The molecule has 2 N–H and O–H groups in total. The number of likely N-dealkylation sites (tertiary alicyclic amines) is 1. The molecule has 0 bridgehead atoms. The number of rotatable bonds is 7. The normalized spacial score (nSPS) is 17.4. The molecule has 0 radical (unpaired) electrons. The van der Waals surface area contributed by atoms with Crippen LogP contribution in [0.3, 0.4) is 0 Å². The van der Waals surface area contributed by atoms with Crippen LogP contribution >= 0.6 is 0 Å². The topological polar surface area (TPSA) is 61.4 Å². The monoisotopic (exact) mass is 297 g/mol. The van der Waals surface area contributed by atoms with Gasteiger partial charge in [-0.25, -0.2) is 0 Å². The van der Waals surface area contributed by atoms with E-state index in [1.165, 1.54) is 12.8 Å². The van der Waals surface area contributed by atoms with Crippen LogP contribution in [-0.2, 0) is 9.59 Å². The van der Waals surface area contributed by atoms with E-state index < -0.39 is 0 Å². The molecule has 1 saturated heterocycles. The van der Waals surface area contributed by atoms with Gasteiger partial charge in [0.1, 0.15) is 0 Å². The Bertz CT molecular complexity index is 323. The van der Waals surface area contributed by atoms with Crippen molar-refractivity contribution in [3.63, 3.8) is 0 Å². The zero-order valence-corrected chi connectivity index (χ0v) is 13.8. The Kier molecular flexibility index (Phi) is 8.35. The number of hydrogen-bond acceptors (Lipinski definition) is 3. The molecule has 1 fully saturated rings. The fraction of sp³-hybridized carbons (Fsp3) is 0.875. The third-order valence-corrected chi connectivity index (χ3v) is 3.80. The highest BCUT2D eigenvalue weighted by atomic mass is 16.2. The minimum Gasteiger partial charge on any atom is -0.356 e. The second-order valence-electron chi connectivity index (χ2n) is 6.36. The van der Waals surface area contributed by atoms with E-state index >= 15 is 0 Å². The summed E-state index contributed by atoms with van der Waals surface area (Å²) in [6.45, 7) is 9.03. The summed E-state index contributed by atoms with van der Waals surface area (Å²) in [5, 5.41) is 6.05. The Balaban J connectivity index is 2.21. The van der Waals surface area contributed by atoms with Crippen LogP contribution < -0.4 is 10.6 Å². The Morgan fingerprint density at radius 2 is 1.67 bits per heavy atom. The third kappa shape index (κ3) is 7.46. The highest BCUT2D eigenvalue weighted by Gasteiger charge is 2.20. The van der Waals surface area contributed by atoms with Crippen LogP contribution in [-0.4, -0.2) is 48.9 Å². The van der Waals surface area contributed by atoms with E-state index in [1.54, 1.807) is 0 Å². The molecular formula is C16H31N3O2. The van der Waals surface area contributed by atoms with Gasteiger partial charge in [-0.15, -0.1) is 0 Å². The number of nitrogens with one attached hydrogen (secondary N) is 2. The van der Waals surface area contributed by atoms with Gasteiger partial charge in [-0.1, -0.05) is 26.7 Å². The molecule has 1 heterocycles. The largest absolute Gasteiger partial charge is 0.356 e. The summed E-state index contributed by atoms with van der Waals surface area (Å²) in [5.74, 6) is 0.676. The average molecular weight is 297 g/mol. The van der Waals surface area contributed by atoms with Crippen molar-refractivity contribution in [2.75, 3.05) is 26.2 Å². The summed E-state index contributed by atoms with van der Waals surface area (Å²) in [6.07, 6.45) is 5.08. The molecule has 5 nitrogen and oxygen atoms in total. The second kappa shape index (κ2) is 9.77. The average Bonchev–Trinajstić information content (AvgIpc) is 2.73. The summed E-state index contributed by atoms with van der Waals surface area (Å²) in [7, 11) is 0. The van der Waals surface area contributed by atoms with Gasteiger partial charge in [0.15, 0.2) is 0 Å². The van der Waals surface area contributed by atoms with Crippen molar-refractivity contribution in [3.8, 4) is 0 Å². The second-order valence-corrected chi connectivity index (χ2v) is 6.36. The Morgan fingerprint density at radius 1 is 1.05 bits per heavy atom. The van der Waals surface area contributed by atoms with Crippen molar-refractivity contribution in [2.45, 2.75) is 58.9 Å². The summed E-state index contributed by atoms with van der Waals surface area (Å²) < 4.78 is 0. The van der Waals surface area contributed by atoms with Gasteiger partial charge in [0.2, 0.25) is 11.8 Å². The predicted octanol–water partition coefficient (Wildman–Crippen LogP) is 1.53. The van der Waals surface area contributed by atoms with Crippen LogP contribution in [0.5, 0.6) is 0 Å². The SMILES string of the molecule is CC(C)CNC(=O)CCNC(C)C(=O)N1CCCCCC1. The molecule has 1 aliphatic heterocycles. The first-order valence-electron chi connectivity index (χ1n) is 8.29. The lowest BCUT2D eigenvalue weighted by Crippen LogP contribution is -2.46. The van der Waals surface area contributed by atoms with Gasteiger partial charge in [0.05, 0.1) is 6.04 Å². The number of hydrogen-bond donors (Lipinski definition) is 2. The molecule has 5 heteroatoms. The predicted molar refractivity (Wildman–Crippen MR) is 85.0 cm³/mol. The molecule has 0 aromatic heterocycles. The molecule has 21 heavy (non-hydrogen) atoms. The minimum atomic E-state index is -0.207. The molecule has 122 valence electrons. The van der Waals surface area contributed by atoms with Gasteiger partial charge in [-0.05, 0) is 25.7 Å². The van der Waals surface area contributed by atoms with Crippen LogP contribution in [0.15, 0.2) is 0 Å². The lowest BCUT2D eigenvalue weighted by molar-refractivity contribution is -0.133. The molecule has 1 atom stereocenters. The first-order chi connectivity index (χ1) is 10.0. The Labute approximate surface area is 128 Å². The fourth-order valence-electron chi connectivity index (χ4n) is 2.46. The number of nitrogens with zero attached hydrogens (tertiary/aromatic N) is 1. The smallest absolute Gasteiger partial charge is 0.239 e. The lowest BCUT2D eigenvalue weighted by atomic mass is 10.2. The number of amides is 2. The molecule has 0 aromatic rings. The first kappa shape index (κ1) is 18.0. The van der Waals surface area contributed by atoms with Crippen LogP contribution in [0.2, 0.25) is 0 Å². The van der Waals surface area contributed by atoms with Crippen molar-refractivity contribution < 1.29 is 9.59 Å². The van der Waals surface area contributed by atoms with Crippen molar-refractivity contribution in [1.29, 1.82) is 0 Å². The maximum atomic E-state index is 12.3. The zero-order chi connectivity index (χ0) is 15.7. The zero-order valence-electron chi connectivity index (χ0n) is 13.8. The summed E-state index contributed by atoms with van der Waals surface area (Å²) >= 11 is 0. The number of carbonyl (C=O) groups is 2. The number of carbonyl (C=O) groups excluding carboxylic acids is 2. The molecule has 0 spiro atoms. The third-order valence-electron chi connectivity index (χ3n) is 3.80. The molecule has 1 rings (SSSR count). The van der Waals surface area contributed by atoms with Gasteiger partial charge < -0.3 is 15.5 Å². The molecular weight excluding hydrogens is 266 g/mol. The highest BCUT2D eigenvalue weighted by Crippen LogP contribution is 2.10. The molecule has 0 aromatic carbocycles. The van der Waals surface area contributed by atoms with Crippen molar-refractivity contribution in [3.05, 3.63) is 0 Å². The van der Waals surface area contributed by atoms with Gasteiger partial charge >= 0.3 is 0 Å². The van der Waals surface area contributed by atoms with Crippen LogP contribution in [0, 0.1) is 5.92 Å². The lowest BCUT2D eigenvalue weighted by Gasteiger charge is -2.24. The van der Waals surface area contributed by atoms with Gasteiger partial charge in [0, 0.05) is 32.6 Å². The van der Waals surface area contributed by atoms with E-state index in [0.717, 1.165) is 25.9 Å².